The van der Waals surface area contributed by atoms with Crippen molar-refractivity contribution >= 4 is 29.4 Å². The van der Waals surface area contributed by atoms with Crippen LogP contribution in [0.5, 0.6) is 5.75 Å². The normalized spacial score (nSPS) is 16.4. The molecule has 0 saturated carbocycles. The number of aliphatic hydroxyl groups excluding tert-OH is 2. The van der Waals surface area contributed by atoms with Crippen LogP contribution in [0.4, 0.5) is 10.3 Å². The van der Waals surface area contributed by atoms with Crippen molar-refractivity contribution in [3.8, 4) is 5.75 Å². The molecular weight excluding hydrogens is 557 g/mol. The van der Waals surface area contributed by atoms with Crippen molar-refractivity contribution < 1.29 is 34.0 Å². The Morgan fingerprint density at radius 3 is 2.46 bits per heavy atom. The predicted octanol–water partition coefficient (Wildman–Crippen LogP) is 1.18. The maximum atomic E-state index is 14.7. The Bertz CT molecular complexity index is 1170. The molecule has 41 heavy (non-hydrogen) atoms. The molecule has 4 rings (SSSR count). The highest BCUT2D eigenvalue weighted by molar-refractivity contribution is 6.30. The third-order valence-electron chi connectivity index (χ3n) is 7.68. The summed E-state index contributed by atoms with van der Waals surface area (Å²) in [6, 6.07) is 4.50. The van der Waals surface area contributed by atoms with Gasteiger partial charge in [-0.3, -0.25) is 9.59 Å². The monoisotopic (exact) mass is 593 g/mol. The molecule has 2 saturated heterocycles. The summed E-state index contributed by atoms with van der Waals surface area (Å²) in [5.74, 6) is 0.0381. The number of aromatic nitrogens is 2. The minimum Gasteiger partial charge on any atom is -0.493 e. The summed E-state index contributed by atoms with van der Waals surface area (Å²) in [5.41, 5.74) is -1.54. The summed E-state index contributed by atoms with van der Waals surface area (Å²) in [6.07, 6.45) is 7.04. The van der Waals surface area contributed by atoms with E-state index >= 15 is 0 Å². The fraction of sp³-hybridized carbons (Fsp3) is 0.571. The zero-order chi connectivity index (χ0) is 29.4. The number of hydrogen-bond donors (Lipinski definition) is 4. The molecule has 0 bridgehead atoms. The van der Waals surface area contributed by atoms with Crippen molar-refractivity contribution in [1.82, 2.24) is 20.2 Å². The number of benzene rings is 1. The van der Waals surface area contributed by atoms with Crippen molar-refractivity contribution in [2.24, 2.45) is 11.8 Å². The number of nitrogens with zero attached hydrogens (tertiary/aromatic N) is 4. The maximum absolute atomic E-state index is 14.7. The molecule has 2 amide bonds. The number of rotatable bonds is 13. The molecule has 0 atom stereocenters. The molecule has 224 valence electrons. The first-order chi connectivity index (χ1) is 19.7. The second kappa shape index (κ2) is 14.2. The smallest absolute Gasteiger partial charge is 0.227 e. The molecule has 0 aliphatic carbocycles. The average Bonchev–Trinajstić information content (AvgIpc) is 2.95. The van der Waals surface area contributed by atoms with Crippen molar-refractivity contribution in [3.05, 3.63) is 47.0 Å². The Hall–Kier alpha value is -3.06. The van der Waals surface area contributed by atoms with Crippen LogP contribution < -0.4 is 15.0 Å². The molecule has 0 spiro atoms. The van der Waals surface area contributed by atoms with Crippen molar-refractivity contribution in [3.63, 3.8) is 0 Å². The number of aliphatic hydroxyl groups is 3. The molecule has 0 radical (unpaired) electrons. The lowest BCUT2D eigenvalue weighted by molar-refractivity contribution is -0.143. The molecule has 13 heteroatoms. The van der Waals surface area contributed by atoms with Gasteiger partial charge in [-0.2, -0.15) is 0 Å². The molecule has 4 N–H and O–H groups in total. The number of halogens is 2. The fourth-order valence-electron chi connectivity index (χ4n) is 4.89. The first-order valence-corrected chi connectivity index (χ1v) is 14.2. The Kier molecular flexibility index (Phi) is 10.7. The van der Waals surface area contributed by atoms with Gasteiger partial charge in [0.25, 0.3) is 0 Å². The van der Waals surface area contributed by atoms with Gasteiger partial charge in [-0.05, 0) is 43.2 Å². The summed E-state index contributed by atoms with van der Waals surface area (Å²) in [5, 5.41) is 31.0. The standard InChI is InChI=1S/C28H37ClFN5O6/c29-22-12-31-27(32-13-22)34-7-5-19(6-8-34)2-1-9-41-23-4-3-20(24(30)11-23)10-25(38)35-14-21(15-35)26(39)33-16-28(40,17-36)18-37/h3-4,11-13,19,21,36-37,40H,1-2,5-10,14-18H2,(H,33,39). The van der Waals surface area contributed by atoms with Gasteiger partial charge in [0, 0.05) is 32.2 Å². The number of likely N-dealkylation sites (tertiary alicyclic amines) is 1. The van der Waals surface area contributed by atoms with E-state index in [0.717, 1.165) is 38.8 Å². The van der Waals surface area contributed by atoms with Crippen molar-refractivity contribution in [2.75, 3.05) is 57.4 Å². The first kappa shape index (κ1) is 30.9. The molecule has 3 heterocycles. The molecule has 1 aromatic carbocycles. The second-order valence-corrected chi connectivity index (χ2v) is 11.2. The van der Waals surface area contributed by atoms with Crippen LogP contribution in [-0.4, -0.2) is 100 Å². The van der Waals surface area contributed by atoms with E-state index in [1.54, 1.807) is 24.5 Å². The summed E-state index contributed by atoms with van der Waals surface area (Å²) in [6.45, 7) is 0.920. The van der Waals surface area contributed by atoms with E-state index in [1.165, 1.54) is 11.0 Å². The lowest BCUT2D eigenvalue weighted by atomic mass is 9.92. The summed E-state index contributed by atoms with van der Waals surface area (Å²) in [4.78, 5) is 36.9. The maximum Gasteiger partial charge on any atom is 0.227 e. The van der Waals surface area contributed by atoms with Gasteiger partial charge < -0.3 is 35.2 Å². The minimum absolute atomic E-state index is 0.130. The summed E-state index contributed by atoms with van der Waals surface area (Å²) >= 11 is 5.86. The number of nitrogens with one attached hydrogen (secondary N) is 1. The SMILES string of the molecule is O=C(NCC(O)(CO)CO)C1CN(C(=O)Cc2ccc(OCCCC3CCN(c4ncc(Cl)cn4)CC3)cc2F)C1. The fourth-order valence-corrected chi connectivity index (χ4v) is 4.99. The predicted molar refractivity (Wildman–Crippen MR) is 149 cm³/mol. The molecule has 11 nitrogen and oxygen atoms in total. The van der Waals surface area contributed by atoms with Crippen LogP contribution >= 0.6 is 11.6 Å². The van der Waals surface area contributed by atoms with Gasteiger partial charge in [0.15, 0.2) is 0 Å². The van der Waals surface area contributed by atoms with Gasteiger partial charge in [-0.25, -0.2) is 14.4 Å². The third-order valence-corrected chi connectivity index (χ3v) is 7.88. The van der Waals surface area contributed by atoms with Crippen LogP contribution in [0.25, 0.3) is 0 Å². The summed E-state index contributed by atoms with van der Waals surface area (Å²) < 4.78 is 20.4. The number of piperidine rings is 1. The topological polar surface area (TPSA) is 148 Å². The molecule has 2 aliphatic rings. The van der Waals surface area contributed by atoms with Crippen LogP contribution in [0.2, 0.25) is 5.02 Å². The minimum atomic E-state index is -1.80. The number of carbonyl (C=O) groups is 2. The Morgan fingerprint density at radius 1 is 1.15 bits per heavy atom. The van der Waals surface area contributed by atoms with E-state index in [0.29, 0.717) is 29.2 Å². The van der Waals surface area contributed by atoms with Crippen LogP contribution in [0.15, 0.2) is 30.6 Å². The average molecular weight is 594 g/mol. The van der Waals surface area contributed by atoms with E-state index in [-0.39, 0.29) is 43.4 Å². The highest BCUT2D eigenvalue weighted by Gasteiger charge is 2.37. The molecular formula is C28H37ClFN5O6. The highest BCUT2D eigenvalue weighted by Crippen LogP contribution is 2.25. The largest absolute Gasteiger partial charge is 0.493 e. The zero-order valence-corrected chi connectivity index (χ0v) is 23.6. The van der Waals surface area contributed by atoms with Crippen LogP contribution in [-0.2, 0) is 16.0 Å². The van der Waals surface area contributed by atoms with Gasteiger partial charge in [0.2, 0.25) is 17.8 Å². The van der Waals surface area contributed by atoms with Crippen molar-refractivity contribution in [1.29, 1.82) is 0 Å². The van der Waals surface area contributed by atoms with E-state index < -0.39 is 30.5 Å². The van der Waals surface area contributed by atoms with Gasteiger partial charge >= 0.3 is 0 Å². The highest BCUT2D eigenvalue weighted by atomic mass is 35.5. The first-order valence-electron chi connectivity index (χ1n) is 13.8. The zero-order valence-electron chi connectivity index (χ0n) is 22.8. The second-order valence-electron chi connectivity index (χ2n) is 10.8. The number of carbonyl (C=O) groups excluding carboxylic acids is 2. The molecule has 0 unspecified atom stereocenters. The Morgan fingerprint density at radius 2 is 1.83 bits per heavy atom. The lowest BCUT2D eigenvalue weighted by Crippen LogP contribution is -2.58. The molecule has 2 fully saturated rings. The van der Waals surface area contributed by atoms with Gasteiger partial charge in [0.1, 0.15) is 17.2 Å². The molecule has 2 aromatic rings. The van der Waals surface area contributed by atoms with Crippen LogP contribution in [0.1, 0.15) is 31.2 Å². The van der Waals surface area contributed by atoms with E-state index in [1.807, 2.05) is 0 Å². The van der Waals surface area contributed by atoms with Gasteiger partial charge in [0.05, 0.1) is 56.1 Å². The number of amides is 2. The molecule has 1 aromatic heterocycles. The van der Waals surface area contributed by atoms with Crippen molar-refractivity contribution in [2.45, 2.75) is 37.7 Å². The van der Waals surface area contributed by atoms with Gasteiger partial charge in [-0.1, -0.05) is 17.7 Å². The Balaban J connectivity index is 1.12. The van der Waals surface area contributed by atoms with Crippen LogP contribution in [0, 0.1) is 17.7 Å². The summed E-state index contributed by atoms with van der Waals surface area (Å²) in [7, 11) is 0. The third kappa shape index (κ3) is 8.48. The van der Waals surface area contributed by atoms with E-state index in [9.17, 15) is 19.1 Å². The van der Waals surface area contributed by atoms with E-state index in [4.69, 9.17) is 26.6 Å². The number of hydrogen-bond acceptors (Lipinski definition) is 9. The number of anilines is 1. The quantitative estimate of drug-likeness (QED) is 0.251. The molecule has 2 aliphatic heterocycles. The van der Waals surface area contributed by atoms with E-state index in [2.05, 4.69) is 20.2 Å². The van der Waals surface area contributed by atoms with Crippen LogP contribution in [0.3, 0.4) is 0 Å². The Labute approximate surface area is 243 Å². The van der Waals surface area contributed by atoms with Gasteiger partial charge in [-0.15, -0.1) is 0 Å². The lowest BCUT2D eigenvalue weighted by Gasteiger charge is -2.38. The number of ether oxygens (including phenoxy) is 1.